The van der Waals surface area contributed by atoms with E-state index in [0.29, 0.717) is 77.4 Å². The van der Waals surface area contributed by atoms with Gasteiger partial charge in [0.15, 0.2) is 17.5 Å². The highest BCUT2D eigenvalue weighted by Crippen LogP contribution is 2.57. The van der Waals surface area contributed by atoms with Gasteiger partial charge in [-0.1, -0.05) is 18.1 Å². The van der Waals surface area contributed by atoms with Crippen LogP contribution < -0.4 is 15.6 Å². The molecule has 4 amide bonds. The SMILES string of the molecule is Cc1cc(-n2nc3c(c2N2C(=O)CN(c4ccc5c(cnn5C)c4F)C2=O)[C@@H]2CC[C@H](C3)N2C(=O)c2cc3cc([C@H]4CCOC(C)(C)C4)ccc3n2[C@@]2(c3noc(=O)[nH]3)C[C@@H]2C)cc(C)c1F. The van der Waals surface area contributed by atoms with Gasteiger partial charge in [-0.15, -0.1) is 0 Å². The molecule has 3 aromatic carbocycles. The van der Waals surface area contributed by atoms with Gasteiger partial charge in [0.25, 0.3) is 11.8 Å². The topological polar surface area (TPSA) is 170 Å². The number of nitrogens with zero attached hydrogens (tertiary/aromatic N) is 9. The second-order valence-electron chi connectivity index (χ2n) is 19.8. The smallest absolute Gasteiger partial charge is 0.376 e. The van der Waals surface area contributed by atoms with E-state index >= 15 is 13.6 Å². The van der Waals surface area contributed by atoms with Crippen molar-refractivity contribution in [3.8, 4) is 5.69 Å². The van der Waals surface area contributed by atoms with Gasteiger partial charge < -0.3 is 14.2 Å². The number of nitrogens with one attached hydrogen (secondary N) is 1. The van der Waals surface area contributed by atoms with E-state index in [-0.39, 0.29) is 46.3 Å². The number of ether oxygens (including phenoxy) is 1. The molecule has 12 rings (SSSR count). The summed E-state index contributed by atoms with van der Waals surface area (Å²) in [6.07, 6.45) is 5.10. The molecule has 5 atom stereocenters. The Kier molecular flexibility index (Phi) is 8.84. The Balaban J connectivity index is 1.00. The third-order valence-electron chi connectivity index (χ3n) is 15.2. The van der Waals surface area contributed by atoms with Crippen LogP contribution in [0.4, 0.5) is 25.1 Å². The van der Waals surface area contributed by atoms with Crippen molar-refractivity contribution in [3.63, 3.8) is 0 Å². The number of aryl methyl sites for hydroxylation is 3. The standard InChI is InChI=1S/C49H48F2N10O6/c1-24-15-31(16-25(2)41(24)50)61-43(59-39(62)23-57(47(59)65)37-12-11-35-32(42(37)51)22-52-56(35)6)40-33(54-61)19-30-8-10-36(40)58(30)44(63)38-18-29-17-27(28-13-14-66-48(4,5)21-28)7-9-34(29)60(38)49(20-26(49)3)45-53-46(64)67-55-45/h7,9,11-12,15-18,22,26,28,30,36H,8,10,13-14,19-21,23H2,1-6H3,(H,53,55,64)/t26-,28-,30+,36-,49-/m0/s1. The summed E-state index contributed by atoms with van der Waals surface area (Å²) in [5.74, 6) is -1.99. The molecule has 5 aliphatic rings. The van der Waals surface area contributed by atoms with Crippen LogP contribution in [0.3, 0.4) is 0 Å². The molecule has 0 unspecified atom stereocenters. The van der Waals surface area contributed by atoms with Gasteiger partial charge in [0.2, 0.25) is 0 Å². The number of benzene rings is 3. The van der Waals surface area contributed by atoms with Crippen molar-refractivity contribution in [1.29, 1.82) is 0 Å². The molecule has 8 heterocycles. The van der Waals surface area contributed by atoms with Gasteiger partial charge in [0.1, 0.15) is 23.6 Å². The number of rotatable bonds is 7. The molecule has 4 aromatic heterocycles. The van der Waals surface area contributed by atoms with Gasteiger partial charge in [-0.25, -0.2) is 28.0 Å². The highest BCUT2D eigenvalue weighted by atomic mass is 19.1. The molecule has 0 spiro atoms. The van der Waals surface area contributed by atoms with E-state index in [9.17, 15) is 14.4 Å². The summed E-state index contributed by atoms with van der Waals surface area (Å²) in [6, 6.07) is 12.9. The van der Waals surface area contributed by atoms with Gasteiger partial charge in [-0.3, -0.25) is 28.7 Å². The van der Waals surface area contributed by atoms with E-state index in [2.05, 4.69) is 54.2 Å². The third-order valence-corrected chi connectivity index (χ3v) is 15.2. The van der Waals surface area contributed by atoms with Crippen LogP contribution in [-0.4, -0.2) is 81.8 Å². The Morgan fingerprint density at radius 1 is 0.940 bits per heavy atom. The molecule has 1 N–H and O–H groups in total. The quantitative estimate of drug-likeness (QED) is 0.158. The maximum atomic E-state index is 16.2. The fourth-order valence-corrected chi connectivity index (χ4v) is 11.9. The maximum Gasteiger partial charge on any atom is 0.438 e. The first kappa shape index (κ1) is 41.5. The summed E-state index contributed by atoms with van der Waals surface area (Å²) in [5.41, 5.74) is 3.84. The van der Waals surface area contributed by atoms with Crippen molar-refractivity contribution in [2.24, 2.45) is 13.0 Å². The second kappa shape index (κ2) is 14.3. The molecule has 16 nitrogen and oxygen atoms in total. The van der Waals surface area contributed by atoms with E-state index in [1.807, 2.05) is 15.5 Å². The van der Waals surface area contributed by atoms with Crippen molar-refractivity contribution in [2.75, 3.05) is 23.0 Å². The summed E-state index contributed by atoms with van der Waals surface area (Å²) in [5, 5.41) is 14.5. The molecule has 4 aliphatic heterocycles. The largest absolute Gasteiger partial charge is 0.438 e. The van der Waals surface area contributed by atoms with Gasteiger partial charge in [0, 0.05) is 42.6 Å². The number of hydrogen-bond acceptors (Lipinski definition) is 9. The molecule has 18 heteroatoms. The maximum absolute atomic E-state index is 16.2. The second-order valence-corrected chi connectivity index (χ2v) is 19.8. The van der Waals surface area contributed by atoms with Crippen LogP contribution in [0, 0.1) is 31.4 Å². The summed E-state index contributed by atoms with van der Waals surface area (Å²) < 4.78 is 47.6. The highest BCUT2D eigenvalue weighted by Gasteiger charge is 2.60. The average molecular weight is 911 g/mol. The monoisotopic (exact) mass is 910 g/mol. The first-order chi connectivity index (χ1) is 32.0. The number of H-pyrrole nitrogens is 1. The molecule has 1 aliphatic carbocycles. The van der Waals surface area contributed by atoms with Crippen LogP contribution in [0.15, 0.2) is 64.0 Å². The van der Waals surface area contributed by atoms with Gasteiger partial charge in [-0.05, 0) is 131 Å². The van der Waals surface area contributed by atoms with Crippen LogP contribution in [0.2, 0.25) is 0 Å². The average Bonchev–Trinajstić information content (AvgIpc) is 3.97. The number of aromatic nitrogens is 7. The Labute approximate surface area is 382 Å². The van der Waals surface area contributed by atoms with E-state index in [4.69, 9.17) is 14.4 Å². The number of amides is 4. The lowest BCUT2D eigenvalue weighted by Gasteiger charge is -2.36. The van der Waals surface area contributed by atoms with Gasteiger partial charge in [0.05, 0.1) is 45.8 Å². The molecule has 0 radical (unpaired) electrons. The molecule has 3 saturated heterocycles. The number of carbonyl (C=O) groups excluding carboxylic acids is 3. The number of fused-ring (bicyclic) bond motifs is 6. The molecule has 1 saturated carbocycles. The number of anilines is 2. The Morgan fingerprint density at radius 3 is 2.42 bits per heavy atom. The summed E-state index contributed by atoms with van der Waals surface area (Å²) >= 11 is 0. The Morgan fingerprint density at radius 2 is 1.70 bits per heavy atom. The molecule has 7 aromatic rings. The van der Waals surface area contributed by atoms with Crippen LogP contribution in [0.25, 0.3) is 27.5 Å². The minimum atomic E-state index is -0.888. The van der Waals surface area contributed by atoms with E-state index < -0.39 is 47.5 Å². The third kappa shape index (κ3) is 5.99. The number of halogens is 2. The lowest BCUT2D eigenvalue weighted by molar-refractivity contribution is -0.115. The predicted molar refractivity (Wildman–Crippen MR) is 241 cm³/mol. The first-order valence-electron chi connectivity index (χ1n) is 22.9. The van der Waals surface area contributed by atoms with Crippen molar-refractivity contribution in [1.82, 2.24) is 39.2 Å². The predicted octanol–water partition coefficient (Wildman–Crippen LogP) is 7.62. The first-order valence-corrected chi connectivity index (χ1v) is 22.9. The van der Waals surface area contributed by atoms with Gasteiger partial charge >= 0.3 is 11.8 Å². The minimum absolute atomic E-state index is 0.0256. The molecular formula is C49H48F2N10O6. The van der Waals surface area contributed by atoms with Gasteiger partial charge in [-0.2, -0.15) is 10.2 Å². The summed E-state index contributed by atoms with van der Waals surface area (Å²) in [6.45, 7) is 9.71. The number of aromatic amines is 1. The van der Waals surface area contributed by atoms with Crippen LogP contribution >= 0.6 is 0 Å². The van der Waals surface area contributed by atoms with Crippen molar-refractivity contribution < 1.29 is 32.4 Å². The zero-order valence-electron chi connectivity index (χ0n) is 37.9. The minimum Gasteiger partial charge on any atom is -0.376 e. The number of carbonyl (C=O) groups is 3. The Bertz CT molecular complexity index is 3340. The number of hydrogen-bond donors (Lipinski definition) is 1. The normalized spacial score (nSPS) is 24.4. The van der Waals surface area contributed by atoms with Crippen LogP contribution in [0.1, 0.15) is 109 Å². The van der Waals surface area contributed by atoms with Crippen molar-refractivity contribution >= 4 is 51.2 Å². The van der Waals surface area contributed by atoms with Crippen LogP contribution in [-0.2, 0) is 28.5 Å². The molecule has 4 fully saturated rings. The number of urea groups is 1. The van der Waals surface area contributed by atoms with Crippen molar-refractivity contribution in [3.05, 3.63) is 116 Å². The molecule has 344 valence electrons. The summed E-state index contributed by atoms with van der Waals surface area (Å²) in [4.78, 5) is 64.4. The molecular weight excluding hydrogens is 863 g/mol. The molecule has 67 heavy (non-hydrogen) atoms. The lowest BCUT2D eigenvalue weighted by Crippen LogP contribution is -2.44. The lowest BCUT2D eigenvalue weighted by atomic mass is 9.83. The zero-order chi connectivity index (χ0) is 46.6. The molecule has 2 bridgehead atoms. The zero-order valence-corrected chi connectivity index (χ0v) is 37.9. The summed E-state index contributed by atoms with van der Waals surface area (Å²) in [7, 11) is 1.69. The highest BCUT2D eigenvalue weighted by molar-refractivity contribution is 6.27. The van der Waals surface area contributed by atoms with E-state index in [1.54, 1.807) is 39.1 Å². The van der Waals surface area contributed by atoms with Crippen LogP contribution in [0.5, 0.6) is 0 Å². The Hall–Kier alpha value is -6.95. The van der Waals surface area contributed by atoms with E-state index in [1.165, 1.54) is 21.6 Å². The van der Waals surface area contributed by atoms with E-state index in [0.717, 1.165) is 39.1 Å². The van der Waals surface area contributed by atoms with Crippen molar-refractivity contribution in [2.45, 2.75) is 102 Å². The fraction of sp³-hybridized carbons (Fsp3) is 0.408. The number of imide groups is 1. The fourth-order valence-electron chi connectivity index (χ4n) is 11.9.